The van der Waals surface area contributed by atoms with Gasteiger partial charge < -0.3 is 19.5 Å². The summed E-state index contributed by atoms with van der Waals surface area (Å²) < 4.78 is 5.50. The van der Waals surface area contributed by atoms with Crippen molar-refractivity contribution in [3.05, 3.63) is 30.0 Å². The number of phenols is 1. The molecule has 0 radical (unpaired) electrons. The molecule has 0 unspecified atom stereocenters. The van der Waals surface area contributed by atoms with E-state index < -0.39 is 0 Å². The number of hydrogen-bond acceptors (Lipinski definition) is 4. The molecule has 0 atom stereocenters. The first-order valence-electron chi connectivity index (χ1n) is 6.33. The van der Waals surface area contributed by atoms with Crippen molar-refractivity contribution in [2.45, 2.75) is 18.9 Å². The monoisotopic (exact) mass is 261 g/mol. The molecule has 2 heterocycles. The predicted octanol–water partition coefficient (Wildman–Crippen LogP) is 1.74. The topological polar surface area (TPSA) is 73.9 Å². The van der Waals surface area contributed by atoms with Gasteiger partial charge in [0.2, 0.25) is 0 Å². The SMILES string of the molecule is O=C(c1cc2cc(O)ccc2o1)N1CCC(O)CC1. The molecule has 5 nitrogen and oxygen atoms in total. The molecule has 1 saturated heterocycles. The van der Waals surface area contributed by atoms with Gasteiger partial charge in [-0.15, -0.1) is 0 Å². The van der Waals surface area contributed by atoms with Crippen molar-refractivity contribution in [3.63, 3.8) is 0 Å². The highest BCUT2D eigenvalue weighted by molar-refractivity contribution is 5.96. The van der Waals surface area contributed by atoms with Crippen molar-refractivity contribution in [3.8, 4) is 5.75 Å². The number of rotatable bonds is 1. The van der Waals surface area contributed by atoms with Crippen LogP contribution in [-0.2, 0) is 0 Å². The van der Waals surface area contributed by atoms with E-state index in [0.29, 0.717) is 36.9 Å². The second kappa shape index (κ2) is 4.59. The number of carbonyl (C=O) groups is 1. The molecule has 100 valence electrons. The van der Waals surface area contributed by atoms with Gasteiger partial charge in [0.25, 0.3) is 5.91 Å². The first kappa shape index (κ1) is 12.0. The van der Waals surface area contributed by atoms with Crippen LogP contribution in [0.5, 0.6) is 5.75 Å². The maximum atomic E-state index is 12.2. The van der Waals surface area contributed by atoms with E-state index in [9.17, 15) is 15.0 Å². The minimum absolute atomic E-state index is 0.147. The van der Waals surface area contributed by atoms with Crippen molar-refractivity contribution < 1.29 is 19.4 Å². The van der Waals surface area contributed by atoms with Gasteiger partial charge in [0.15, 0.2) is 5.76 Å². The predicted molar refractivity (Wildman–Crippen MR) is 69.0 cm³/mol. The fourth-order valence-electron chi connectivity index (χ4n) is 2.36. The molecule has 19 heavy (non-hydrogen) atoms. The molecular formula is C14H15NO4. The van der Waals surface area contributed by atoms with Crippen LogP contribution in [0.25, 0.3) is 11.0 Å². The Morgan fingerprint density at radius 3 is 2.74 bits per heavy atom. The zero-order valence-corrected chi connectivity index (χ0v) is 10.4. The Hall–Kier alpha value is -2.01. The van der Waals surface area contributed by atoms with E-state index >= 15 is 0 Å². The molecule has 1 amide bonds. The van der Waals surface area contributed by atoms with Crippen LogP contribution < -0.4 is 0 Å². The summed E-state index contributed by atoms with van der Waals surface area (Å²) in [7, 11) is 0. The van der Waals surface area contributed by atoms with Gasteiger partial charge in [-0.05, 0) is 37.1 Å². The van der Waals surface area contributed by atoms with E-state index in [-0.39, 0.29) is 23.5 Å². The van der Waals surface area contributed by atoms with Gasteiger partial charge in [-0.3, -0.25) is 4.79 Å². The standard InChI is InChI=1S/C14H15NO4/c16-10-3-5-15(6-4-10)14(18)13-8-9-7-11(17)1-2-12(9)19-13/h1-2,7-8,10,16-17H,3-6H2. The maximum Gasteiger partial charge on any atom is 0.289 e. The van der Waals surface area contributed by atoms with Gasteiger partial charge >= 0.3 is 0 Å². The molecule has 3 rings (SSSR count). The molecule has 1 aromatic carbocycles. The molecule has 1 fully saturated rings. The minimum atomic E-state index is -0.309. The average Bonchev–Trinajstić information content (AvgIpc) is 2.81. The summed E-state index contributed by atoms with van der Waals surface area (Å²) in [5.41, 5.74) is 0.582. The lowest BCUT2D eigenvalue weighted by Gasteiger charge is -2.28. The number of likely N-dealkylation sites (tertiary alicyclic amines) is 1. The third kappa shape index (κ3) is 2.29. The second-order valence-electron chi connectivity index (χ2n) is 4.86. The van der Waals surface area contributed by atoms with Crippen LogP contribution in [0.1, 0.15) is 23.4 Å². The molecule has 0 aliphatic carbocycles. The smallest absolute Gasteiger partial charge is 0.289 e. The molecule has 0 spiro atoms. The van der Waals surface area contributed by atoms with E-state index in [4.69, 9.17) is 4.42 Å². The van der Waals surface area contributed by atoms with E-state index in [2.05, 4.69) is 0 Å². The molecule has 2 N–H and O–H groups in total. The quantitative estimate of drug-likeness (QED) is 0.820. The molecular weight excluding hydrogens is 246 g/mol. The van der Waals surface area contributed by atoms with Crippen LogP contribution in [0, 0.1) is 0 Å². The normalized spacial score (nSPS) is 17.0. The molecule has 5 heteroatoms. The summed E-state index contributed by atoms with van der Waals surface area (Å²) in [5, 5.41) is 19.5. The number of amides is 1. The van der Waals surface area contributed by atoms with E-state index in [0.717, 1.165) is 0 Å². The minimum Gasteiger partial charge on any atom is -0.508 e. The number of furan rings is 1. The Morgan fingerprint density at radius 2 is 2.00 bits per heavy atom. The zero-order valence-electron chi connectivity index (χ0n) is 10.4. The fourth-order valence-corrected chi connectivity index (χ4v) is 2.36. The van der Waals surface area contributed by atoms with Gasteiger partial charge in [0, 0.05) is 18.5 Å². The van der Waals surface area contributed by atoms with Crippen LogP contribution >= 0.6 is 0 Å². The number of phenolic OH excluding ortho intramolecular Hbond substituents is 1. The number of hydrogen-bond donors (Lipinski definition) is 2. The van der Waals surface area contributed by atoms with Crippen LogP contribution in [0.15, 0.2) is 28.7 Å². The molecule has 2 aromatic rings. The number of fused-ring (bicyclic) bond motifs is 1. The highest BCUT2D eigenvalue weighted by Gasteiger charge is 2.24. The molecule has 0 saturated carbocycles. The summed E-state index contributed by atoms with van der Waals surface area (Å²) in [6.45, 7) is 1.09. The van der Waals surface area contributed by atoms with Crippen molar-refractivity contribution in [1.29, 1.82) is 0 Å². The van der Waals surface area contributed by atoms with E-state index in [1.54, 1.807) is 23.1 Å². The lowest BCUT2D eigenvalue weighted by Crippen LogP contribution is -2.39. The maximum absolute atomic E-state index is 12.2. The number of aliphatic hydroxyl groups is 1. The van der Waals surface area contributed by atoms with E-state index in [1.807, 2.05) is 0 Å². The Morgan fingerprint density at radius 1 is 1.26 bits per heavy atom. The summed E-state index contributed by atoms with van der Waals surface area (Å²) >= 11 is 0. The van der Waals surface area contributed by atoms with Crippen LogP contribution in [0.2, 0.25) is 0 Å². The van der Waals surface area contributed by atoms with Gasteiger partial charge in [-0.25, -0.2) is 0 Å². The van der Waals surface area contributed by atoms with Gasteiger partial charge in [-0.2, -0.15) is 0 Å². The van der Waals surface area contributed by atoms with Crippen molar-refractivity contribution in [2.75, 3.05) is 13.1 Å². The lowest BCUT2D eigenvalue weighted by atomic mass is 10.1. The molecule has 1 aromatic heterocycles. The number of aliphatic hydroxyl groups excluding tert-OH is 1. The van der Waals surface area contributed by atoms with Crippen LogP contribution in [-0.4, -0.2) is 40.2 Å². The van der Waals surface area contributed by atoms with Crippen molar-refractivity contribution >= 4 is 16.9 Å². The van der Waals surface area contributed by atoms with Crippen molar-refractivity contribution in [1.82, 2.24) is 4.90 Å². The zero-order chi connectivity index (χ0) is 13.4. The first-order chi connectivity index (χ1) is 9.13. The van der Waals surface area contributed by atoms with E-state index in [1.165, 1.54) is 6.07 Å². The highest BCUT2D eigenvalue weighted by atomic mass is 16.3. The fraction of sp³-hybridized carbons (Fsp3) is 0.357. The Balaban J connectivity index is 1.85. The summed E-state index contributed by atoms with van der Waals surface area (Å²) in [4.78, 5) is 13.9. The highest BCUT2D eigenvalue weighted by Crippen LogP contribution is 2.25. The first-order valence-corrected chi connectivity index (χ1v) is 6.33. The summed E-state index contributed by atoms with van der Waals surface area (Å²) in [6.07, 6.45) is 0.899. The van der Waals surface area contributed by atoms with Crippen LogP contribution in [0.4, 0.5) is 0 Å². The Kier molecular flexibility index (Phi) is 2.91. The third-order valence-corrected chi connectivity index (χ3v) is 3.46. The van der Waals surface area contributed by atoms with Gasteiger partial charge in [-0.1, -0.05) is 0 Å². The molecule has 1 aliphatic rings. The number of carbonyl (C=O) groups excluding carboxylic acids is 1. The molecule has 1 aliphatic heterocycles. The Labute approximate surface area is 110 Å². The lowest BCUT2D eigenvalue weighted by molar-refractivity contribution is 0.0522. The Bertz CT molecular complexity index is 611. The number of benzene rings is 1. The number of piperidine rings is 1. The molecule has 0 bridgehead atoms. The van der Waals surface area contributed by atoms with Crippen LogP contribution in [0.3, 0.4) is 0 Å². The van der Waals surface area contributed by atoms with Gasteiger partial charge in [0.05, 0.1) is 6.10 Å². The van der Waals surface area contributed by atoms with Crippen molar-refractivity contribution in [2.24, 2.45) is 0 Å². The number of nitrogens with zero attached hydrogens (tertiary/aromatic N) is 1. The summed E-state index contributed by atoms with van der Waals surface area (Å²) in [6, 6.07) is 6.37. The largest absolute Gasteiger partial charge is 0.508 e. The summed E-state index contributed by atoms with van der Waals surface area (Å²) in [5.74, 6) is 0.257. The van der Waals surface area contributed by atoms with Gasteiger partial charge in [0.1, 0.15) is 11.3 Å². The average molecular weight is 261 g/mol. The second-order valence-corrected chi connectivity index (χ2v) is 4.86. The number of aromatic hydroxyl groups is 1. The third-order valence-electron chi connectivity index (χ3n) is 3.46.